The Balaban J connectivity index is 2.41. The van der Waals surface area contributed by atoms with E-state index in [1.54, 1.807) is 31.4 Å². The molecule has 0 fully saturated rings. The van der Waals surface area contributed by atoms with Crippen LogP contribution in [0.2, 0.25) is 0 Å². The van der Waals surface area contributed by atoms with E-state index in [4.69, 9.17) is 10.5 Å². The fourth-order valence-electron chi connectivity index (χ4n) is 1.70. The molecule has 0 saturated carbocycles. The van der Waals surface area contributed by atoms with Crippen molar-refractivity contribution in [1.29, 1.82) is 0 Å². The summed E-state index contributed by atoms with van der Waals surface area (Å²) in [6, 6.07) is 11.9. The second kappa shape index (κ2) is 4.79. The summed E-state index contributed by atoms with van der Waals surface area (Å²) >= 11 is 0. The van der Waals surface area contributed by atoms with Crippen LogP contribution >= 0.6 is 0 Å². The number of carbonyl (C=O) groups is 1. The molecular weight excluding hydrogens is 230 g/mol. The molecule has 0 aliphatic carbocycles. The summed E-state index contributed by atoms with van der Waals surface area (Å²) in [5.41, 5.74) is 6.90. The van der Waals surface area contributed by atoms with Crippen LogP contribution in [0, 0.1) is 0 Å². The third kappa shape index (κ3) is 2.27. The predicted molar refractivity (Wildman–Crippen MR) is 68.6 cm³/mol. The molecule has 0 aromatic heterocycles. The van der Waals surface area contributed by atoms with Crippen molar-refractivity contribution in [2.75, 3.05) is 7.11 Å². The summed E-state index contributed by atoms with van der Waals surface area (Å²) in [5, 5.41) is 9.88. The molecule has 0 atom stereocenters. The molecule has 0 aliphatic heterocycles. The number of aromatic hydroxyl groups is 1. The van der Waals surface area contributed by atoms with Gasteiger partial charge in [-0.2, -0.15) is 0 Å². The first-order valence-corrected chi connectivity index (χ1v) is 5.39. The largest absolute Gasteiger partial charge is 0.507 e. The minimum atomic E-state index is -0.563. The van der Waals surface area contributed by atoms with Crippen molar-refractivity contribution in [3.63, 3.8) is 0 Å². The maximum Gasteiger partial charge on any atom is 0.248 e. The number of carbonyl (C=O) groups excluding carboxylic acids is 1. The molecule has 1 amide bonds. The van der Waals surface area contributed by atoms with Crippen LogP contribution in [0.4, 0.5) is 0 Å². The van der Waals surface area contributed by atoms with E-state index in [9.17, 15) is 9.90 Å². The van der Waals surface area contributed by atoms with Gasteiger partial charge >= 0.3 is 0 Å². The lowest BCUT2D eigenvalue weighted by molar-refractivity contribution is 0.1000. The number of hydrogen-bond acceptors (Lipinski definition) is 3. The van der Waals surface area contributed by atoms with Crippen LogP contribution in [0.3, 0.4) is 0 Å². The first-order chi connectivity index (χ1) is 8.61. The molecule has 4 nitrogen and oxygen atoms in total. The zero-order valence-corrected chi connectivity index (χ0v) is 9.88. The van der Waals surface area contributed by atoms with Crippen molar-refractivity contribution in [2.45, 2.75) is 0 Å². The van der Waals surface area contributed by atoms with Crippen LogP contribution in [-0.2, 0) is 0 Å². The lowest BCUT2D eigenvalue weighted by atomic mass is 10.0. The van der Waals surface area contributed by atoms with Crippen LogP contribution in [0.5, 0.6) is 11.5 Å². The third-order valence-corrected chi connectivity index (χ3v) is 2.68. The van der Waals surface area contributed by atoms with E-state index >= 15 is 0 Å². The number of amides is 1. The predicted octanol–water partition coefficient (Wildman–Crippen LogP) is 2.17. The molecule has 3 N–H and O–H groups in total. The van der Waals surface area contributed by atoms with Crippen molar-refractivity contribution in [1.82, 2.24) is 0 Å². The lowest BCUT2D eigenvalue weighted by Gasteiger charge is -2.07. The first-order valence-electron chi connectivity index (χ1n) is 5.39. The van der Waals surface area contributed by atoms with Gasteiger partial charge in [-0.05, 0) is 35.9 Å². The molecule has 0 heterocycles. The number of methoxy groups -OCH3 is 1. The molecule has 0 bridgehead atoms. The number of rotatable bonds is 3. The van der Waals surface area contributed by atoms with Gasteiger partial charge < -0.3 is 15.6 Å². The van der Waals surface area contributed by atoms with Gasteiger partial charge in [-0.15, -0.1) is 0 Å². The fourth-order valence-corrected chi connectivity index (χ4v) is 1.70. The minimum Gasteiger partial charge on any atom is -0.507 e. The summed E-state index contributed by atoms with van der Waals surface area (Å²) in [6.07, 6.45) is 0. The highest BCUT2D eigenvalue weighted by molar-refractivity contribution is 5.94. The standard InChI is InChI=1S/C14H13NO3/c1-18-11-5-2-9(3-6-11)12-7-4-10(14(15)17)8-13(12)16/h2-8,16H,1H3,(H2,15,17). The summed E-state index contributed by atoms with van der Waals surface area (Å²) < 4.78 is 5.06. The second-order valence-electron chi connectivity index (χ2n) is 3.82. The highest BCUT2D eigenvalue weighted by Crippen LogP contribution is 2.30. The SMILES string of the molecule is COc1ccc(-c2ccc(C(N)=O)cc2O)cc1. The van der Waals surface area contributed by atoms with Gasteiger partial charge in [-0.1, -0.05) is 12.1 Å². The zero-order valence-electron chi connectivity index (χ0n) is 9.88. The molecule has 2 aromatic carbocycles. The van der Waals surface area contributed by atoms with Gasteiger partial charge in [0.25, 0.3) is 0 Å². The van der Waals surface area contributed by atoms with E-state index in [0.29, 0.717) is 5.56 Å². The first kappa shape index (κ1) is 12.0. The van der Waals surface area contributed by atoms with Crippen molar-refractivity contribution >= 4 is 5.91 Å². The van der Waals surface area contributed by atoms with Crippen molar-refractivity contribution in [3.05, 3.63) is 48.0 Å². The molecule has 2 aromatic rings. The number of benzene rings is 2. The molecule has 18 heavy (non-hydrogen) atoms. The Morgan fingerprint density at radius 1 is 1.17 bits per heavy atom. The molecular formula is C14H13NO3. The average Bonchev–Trinajstić information content (AvgIpc) is 2.38. The molecule has 0 saturated heterocycles. The van der Waals surface area contributed by atoms with Gasteiger partial charge in [-0.25, -0.2) is 0 Å². The normalized spacial score (nSPS) is 10.1. The molecule has 0 aliphatic rings. The van der Waals surface area contributed by atoms with E-state index in [0.717, 1.165) is 11.3 Å². The van der Waals surface area contributed by atoms with Crippen molar-refractivity contribution < 1.29 is 14.6 Å². The van der Waals surface area contributed by atoms with E-state index < -0.39 is 5.91 Å². The summed E-state index contributed by atoms with van der Waals surface area (Å²) in [5.74, 6) is 0.204. The van der Waals surface area contributed by atoms with Crippen molar-refractivity contribution in [2.24, 2.45) is 5.73 Å². The van der Waals surface area contributed by atoms with E-state index in [1.807, 2.05) is 12.1 Å². The molecule has 4 heteroatoms. The van der Waals surface area contributed by atoms with E-state index in [-0.39, 0.29) is 11.3 Å². The summed E-state index contributed by atoms with van der Waals surface area (Å²) in [4.78, 5) is 11.0. The maximum atomic E-state index is 11.0. The molecule has 0 radical (unpaired) electrons. The van der Waals surface area contributed by atoms with E-state index in [1.165, 1.54) is 6.07 Å². The summed E-state index contributed by atoms with van der Waals surface area (Å²) in [6.45, 7) is 0. The highest BCUT2D eigenvalue weighted by atomic mass is 16.5. The number of phenols is 1. The highest BCUT2D eigenvalue weighted by Gasteiger charge is 2.08. The molecule has 0 unspecified atom stereocenters. The van der Waals surface area contributed by atoms with Gasteiger partial charge in [0.2, 0.25) is 5.91 Å². The Morgan fingerprint density at radius 2 is 1.83 bits per heavy atom. The number of primary amides is 1. The monoisotopic (exact) mass is 243 g/mol. The van der Waals surface area contributed by atoms with Crippen LogP contribution in [-0.4, -0.2) is 18.1 Å². The average molecular weight is 243 g/mol. The topological polar surface area (TPSA) is 72.5 Å². The van der Waals surface area contributed by atoms with Gasteiger partial charge in [0.15, 0.2) is 0 Å². The quantitative estimate of drug-likeness (QED) is 0.867. The van der Waals surface area contributed by atoms with E-state index in [2.05, 4.69) is 0 Å². The fraction of sp³-hybridized carbons (Fsp3) is 0.0714. The van der Waals surface area contributed by atoms with Crippen LogP contribution in [0.25, 0.3) is 11.1 Å². The Kier molecular flexibility index (Phi) is 3.19. The Hall–Kier alpha value is -2.49. The van der Waals surface area contributed by atoms with Crippen molar-refractivity contribution in [3.8, 4) is 22.6 Å². The van der Waals surface area contributed by atoms with Crippen LogP contribution < -0.4 is 10.5 Å². The second-order valence-corrected chi connectivity index (χ2v) is 3.82. The maximum absolute atomic E-state index is 11.0. The van der Waals surface area contributed by atoms with Crippen LogP contribution in [0.1, 0.15) is 10.4 Å². The number of ether oxygens (including phenoxy) is 1. The van der Waals surface area contributed by atoms with Gasteiger partial charge in [0.05, 0.1) is 7.11 Å². The third-order valence-electron chi connectivity index (χ3n) is 2.68. The lowest BCUT2D eigenvalue weighted by Crippen LogP contribution is -2.10. The smallest absolute Gasteiger partial charge is 0.248 e. The molecule has 2 rings (SSSR count). The number of hydrogen-bond donors (Lipinski definition) is 2. The Bertz CT molecular complexity index is 576. The molecule has 0 spiro atoms. The zero-order chi connectivity index (χ0) is 13.1. The van der Waals surface area contributed by atoms with Gasteiger partial charge in [0, 0.05) is 11.1 Å². The van der Waals surface area contributed by atoms with Gasteiger partial charge in [0.1, 0.15) is 11.5 Å². The number of phenolic OH excluding ortho intramolecular Hbond substituents is 1. The Labute approximate surface area is 105 Å². The van der Waals surface area contributed by atoms with Gasteiger partial charge in [-0.3, -0.25) is 4.79 Å². The van der Waals surface area contributed by atoms with Crippen LogP contribution in [0.15, 0.2) is 42.5 Å². The Morgan fingerprint density at radius 3 is 2.33 bits per heavy atom. The minimum absolute atomic E-state index is 0.0245. The number of nitrogens with two attached hydrogens (primary N) is 1. The molecule has 92 valence electrons. The summed E-state index contributed by atoms with van der Waals surface area (Å²) in [7, 11) is 1.59.